The van der Waals surface area contributed by atoms with E-state index in [0.29, 0.717) is 19.1 Å². The van der Waals surface area contributed by atoms with Crippen molar-refractivity contribution in [3.05, 3.63) is 48.3 Å². The van der Waals surface area contributed by atoms with Gasteiger partial charge in [-0.2, -0.15) is 0 Å². The summed E-state index contributed by atoms with van der Waals surface area (Å²) in [5.74, 6) is 0.638. The molecule has 2 aromatic rings. The molecule has 0 spiro atoms. The van der Waals surface area contributed by atoms with Crippen molar-refractivity contribution in [2.45, 2.75) is 32.4 Å². The van der Waals surface area contributed by atoms with Crippen LogP contribution in [0.1, 0.15) is 25.5 Å². The van der Waals surface area contributed by atoms with Crippen molar-refractivity contribution in [2.24, 2.45) is 5.92 Å². The lowest BCUT2D eigenvalue weighted by atomic mass is 10.2. The Bertz CT molecular complexity index is 675. The second-order valence-corrected chi connectivity index (χ2v) is 6.95. The molecule has 0 bridgehead atoms. The Morgan fingerprint density at radius 2 is 1.88 bits per heavy atom. The Labute approximate surface area is 149 Å². The maximum Gasteiger partial charge on any atom is 0.256 e. The van der Waals surface area contributed by atoms with E-state index in [1.54, 1.807) is 4.90 Å². The number of nitrogens with one attached hydrogen (secondary N) is 1. The fraction of sp³-hybridized carbons (Fsp3) is 0.450. The van der Waals surface area contributed by atoms with Gasteiger partial charge in [0.15, 0.2) is 0 Å². The first kappa shape index (κ1) is 17.5. The summed E-state index contributed by atoms with van der Waals surface area (Å²) < 4.78 is 5.80. The Morgan fingerprint density at radius 3 is 2.44 bits per heavy atom. The van der Waals surface area contributed by atoms with Gasteiger partial charge in [-0.05, 0) is 62.1 Å². The highest BCUT2D eigenvalue weighted by molar-refractivity contribution is 5.96. The number of rotatable bonds is 8. The quantitative estimate of drug-likeness (QED) is 0.800. The minimum absolute atomic E-state index is 0.00662. The number of ether oxygens (including phenoxy) is 1. The molecule has 5 heteroatoms. The van der Waals surface area contributed by atoms with Gasteiger partial charge in [0, 0.05) is 37.4 Å². The highest BCUT2D eigenvalue weighted by Gasteiger charge is 2.27. The molecule has 1 aliphatic rings. The molecule has 0 radical (unpaired) electrons. The van der Waals surface area contributed by atoms with Crippen LogP contribution in [-0.4, -0.2) is 37.7 Å². The van der Waals surface area contributed by atoms with Crippen LogP contribution >= 0.6 is 0 Å². The van der Waals surface area contributed by atoms with Gasteiger partial charge in [0.1, 0.15) is 6.10 Å². The van der Waals surface area contributed by atoms with E-state index in [2.05, 4.69) is 4.98 Å². The Hall–Kier alpha value is -2.27. The molecule has 1 heterocycles. The molecule has 25 heavy (non-hydrogen) atoms. The summed E-state index contributed by atoms with van der Waals surface area (Å²) in [7, 11) is 4.01. The fourth-order valence-corrected chi connectivity index (χ4v) is 2.72. The number of aromatic nitrogens is 1. The second-order valence-electron chi connectivity index (χ2n) is 6.95. The molecule has 0 saturated heterocycles. The van der Waals surface area contributed by atoms with Gasteiger partial charge in [-0.25, -0.2) is 0 Å². The third kappa shape index (κ3) is 4.63. The molecule has 5 nitrogen and oxygen atoms in total. The lowest BCUT2D eigenvalue weighted by Crippen LogP contribution is -2.39. The van der Waals surface area contributed by atoms with Crippen molar-refractivity contribution in [3.63, 3.8) is 0 Å². The highest BCUT2D eigenvalue weighted by atomic mass is 16.5. The first-order valence-corrected chi connectivity index (χ1v) is 8.87. The normalized spacial score (nSPS) is 15.0. The number of hydrogen-bond donors (Lipinski definition) is 1. The number of hydrogen-bond acceptors (Lipinski definition) is 3. The lowest BCUT2D eigenvalue weighted by Gasteiger charge is -2.26. The number of benzene rings is 1. The molecule has 1 aliphatic carbocycles. The van der Waals surface area contributed by atoms with E-state index in [4.69, 9.17) is 4.74 Å². The molecule has 3 rings (SSSR count). The molecule has 1 atom stereocenters. The maximum absolute atomic E-state index is 13.0. The SMILES string of the molecule is C[C@H](OCC1CC1)C(=O)N(Cc1ccc[nH]1)c1ccc(N(C)C)cc1. The Kier molecular flexibility index (Phi) is 5.43. The first-order chi connectivity index (χ1) is 12.0. The van der Waals surface area contributed by atoms with Gasteiger partial charge in [-0.15, -0.1) is 0 Å². The zero-order valence-electron chi connectivity index (χ0n) is 15.2. The van der Waals surface area contributed by atoms with Crippen LogP contribution in [0.4, 0.5) is 11.4 Å². The van der Waals surface area contributed by atoms with Crippen molar-refractivity contribution in [1.29, 1.82) is 0 Å². The summed E-state index contributed by atoms with van der Waals surface area (Å²) in [6.07, 6.45) is 3.88. The summed E-state index contributed by atoms with van der Waals surface area (Å²) >= 11 is 0. The summed E-state index contributed by atoms with van der Waals surface area (Å²) in [5, 5.41) is 0. The van der Waals surface area contributed by atoms with E-state index in [1.165, 1.54) is 12.8 Å². The van der Waals surface area contributed by atoms with E-state index < -0.39 is 6.10 Å². The molecular formula is C20H27N3O2. The van der Waals surface area contributed by atoms with Crippen LogP contribution in [0.3, 0.4) is 0 Å². The van der Waals surface area contributed by atoms with Crippen molar-refractivity contribution in [1.82, 2.24) is 4.98 Å². The zero-order valence-corrected chi connectivity index (χ0v) is 15.2. The molecule has 1 amide bonds. The van der Waals surface area contributed by atoms with E-state index >= 15 is 0 Å². The molecule has 1 saturated carbocycles. The first-order valence-electron chi connectivity index (χ1n) is 8.87. The van der Waals surface area contributed by atoms with Crippen molar-refractivity contribution < 1.29 is 9.53 Å². The smallest absolute Gasteiger partial charge is 0.256 e. The number of nitrogens with zero attached hydrogens (tertiary/aromatic N) is 2. The van der Waals surface area contributed by atoms with Crippen LogP contribution in [0.2, 0.25) is 0 Å². The summed E-state index contributed by atoms with van der Waals surface area (Å²) in [4.78, 5) is 20.0. The minimum atomic E-state index is -0.441. The van der Waals surface area contributed by atoms with Crippen molar-refractivity contribution >= 4 is 17.3 Å². The van der Waals surface area contributed by atoms with Gasteiger partial charge in [0.25, 0.3) is 5.91 Å². The van der Waals surface area contributed by atoms with Crippen LogP contribution in [-0.2, 0) is 16.1 Å². The summed E-state index contributed by atoms with van der Waals surface area (Å²) in [6.45, 7) is 3.04. The molecule has 0 unspecified atom stereocenters. The van der Waals surface area contributed by atoms with Crippen molar-refractivity contribution in [2.75, 3.05) is 30.5 Å². The third-order valence-electron chi connectivity index (χ3n) is 4.56. The van der Waals surface area contributed by atoms with Gasteiger partial charge in [-0.3, -0.25) is 4.79 Å². The molecule has 1 aromatic carbocycles. The van der Waals surface area contributed by atoms with Gasteiger partial charge < -0.3 is 19.5 Å². The maximum atomic E-state index is 13.0. The van der Waals surface area contributed by atoms with Crippen LogP contribution in [0.25, 0.3) is 0 Å². The van der Waals surface area contributed by atoms with Crippen LogP contribution < -0.4 is 9.80 Å². The number of amides is 1. The molecule has 134 valence electrons. The average molecular weight is 341 g/mol. The number of H-pyrrole nitrogens is 1. The summed E-state index contributed by atoms with van der Waals surface area (Å²) in [6, 6.07) is 12.0. The zero-order chi connectivity index (χ0) is 17.8. The third-order valence-corrected chi connectivity index (χ3v) is 4.56. The standard InChI is InChI=1S/C20H27N3O2/c1-15(25-14-16-6-7-16)20(24)23(13-17-5-4-12-21-17)19-10-8-18(9-11-19)22(2)3/h4-5,8-12,15-16,21H,6-7,13-14H2,1-3H3/t15-/m0/s1. The number of carbonyl (C=O) groups excluding carboxylic acids is 1. The van der Waals surface area contributed by atoms with Gasteiger partial charge in [-0.1, -0.05) is 0 Å². The number of anilines is 2. The lowest BCUT2D eigenvalue weighted by molar-refractivity contribution is -0.129. The molecular weight excluding hydrogens is 314 g/mol. The van der Waals surface area contributed by atoms with E-state index in [1.807, 2.05) is 68.5 Å². The molecule has 1 fully saturated rings. The topological polar surface area (TPSA) is 48.6 Å². The molecule has 1 aromatic heterocycles. The molecule has 1 N–H and O–H groups in total. The number of carbonyl (C=O) groups is 1. The number of aromatic amines is 1. The van der Waals surface area contributed by atoms with Gasteiger partial charge in [0.2, 0.25) is 0 Å². The van der Waals surface area contributed by atoms with Gasteiger partial charge >= 0.3 is 0 Å². The van der Waals surface area contributed by atoms with Crippen LogP contribution in [0.5, 0.6) is 0 Å². The second kappa shape index (κ2) is 7.74. The molecule has 0 aliphatic heterocycles. The predicted octanol–water partition coefficient (Wildman–Crippen LogP) is 3.43. The Balaban J connectivity index is 1.76. The van der Waals surface area contributed by atoms with E-state index in [0.717, 1.165) is 17.1 Å². The van der Waals surface area contributed by atoms with Crippen molar-refractivity contribution in [3.8, 4) is 0 Å². The van der Waals surface area contributed by atoms with Crippen LogP contribution in [0, 0.1) is 5.92 Å². The monoisotopic (exact) mass is 341 g/mol. The predicted molar refractivity (Wildman–Crippen MR) is 101 cm³/mol. The highest BCUT2D eigenvalue weighted by Crippen LogP contribution is 2.29. The Morgan fingerprint density at radius 1 is 1.20 bits per heavy atom. The van der Waals surface area contributed by atoms with E-state index in [-0.39, 0.29) is 5.91 Å². The fourth-order valence-electron chi connectivity index (χ4n) is 2.72. The minimum Gasteiger partial charge on any atom is -0.378 e. The summed E-state index contributed by atoms with van der Waals surface area (Å²) in [5.41, 5.74) is 2.99. The average Bonchev–Trinajstić information content (AvgIpc) is 3.31. The van der Waals surface area contributed by atoms with Crippen LogP contribution in [0.15, 0.2) is 42.6 Å². The van der Waals surface area contributed by atoms with Gasteiger partial charge in [0.05, 0.1) is 13.2 Å². The largest absolute Gasteiger partial charge is 0.378 e. The van der Waals surface area contributed by atoms with E-state index in [9.17, 15) is 4.79 Å².